The van der Waals surface area contributed by atoms with Gasteiger partial charge in [-0.3, -0.25) is 48.1 Å². The van der Waals surface area contributed by atoms with Gasteiger partial charge >= 0.3 is 18.0 Å². The molecule has 0 spiro atoms. The summed E-state index contributed by atoms with van der Waals surface area (Å²) in [5.41, 5.74) is 3.81. The summed E-state index contributed by atoms with van der Waals surface area (Å²) in [6.07, 6.45) is -23.0. The predicted octanol–water partition coefficient (Wildman–Crippen LogP) is 2.20. The average molecular weight is 1760 g/mol. The minimum Gasteiger partial charge on any atom is -0.479 e. The third-order valence-electron chi connectivity index (χ3n) is 23.3. The average Bonchev–Trinajstić information content (AvgIpc) is 1.50. The molecule has 14 N–H and O–H groups in total. The number of aliphatic hydroxyl groups is 6. The van der Waals surface area contributed by atoms with Gasteiger partial charge in [0, 0.05) is 77.5 Å². The second-order valence-electron chi connectivity index (χ2n) is 33.3. The smallest absolute Gasteiger partial charge is 0.410 e. The molecule has 0 bridgehead atoms. The second-order valence-corrected chi connectivity index (χ2v) is 33.3. The molecule has 126 heavy (non-hydrogen) atoms. The van der Waals surface area contributed by atoms with Crippen LogP contribution in [0.4, 0.5) is 16.2 Å². The first-order valence-corrected chi connectivity index (χ1v) is 42.3. The molecule has 4 heterocycles. The molecule has 0 radical (unpaired) electrons. The van der Waals surface area contributed by atoms with Gasteiger partial charge in [-0.2, -0.15) is 0 Å². The molecular weight excluding hydrogens is 1640 g/mol. The van der Waals surface area contributed by atoms with E-state index >= 15 is 4.79 Å². The number of fused-ring (bicyclic) bond motifs is 2. The monoisotopic (exact) mass is 1760 g/mol. The fourth-order valence-electron chi connectivity index (χ4n) is 15.9. The highest BCUT2D eigenvalue weighted by atomic mass is 16.7. The number of rotatable bonds is 41. The van der Waals surface area contributed by atoms with E-state index in [1.807, 2.05) is 44.2 Å². The van der Waals surface area contributed by atoms with E-state index in [2.05, 4.69) is 43.7 Å². The van der Waals surface area contributed by atoms with Gasteiger partial charge in [-0.25, -0.2) is 14.4 Å². The number of carboxylic acids is 2. The SMILES string of the molecule is CC[C@H](C)[C@@H]([C@@H](CC(=O)N1CCC[C@H]1[C@H](OC)[C@@H](C)C(=O)N[C@H](C)[C@@H](O[C@@H]1O[C@H](C(=O)O)[C@@H](O)[C@H](O)[C@H]1O)c1ccccc1)OC)N(C)C(=O)[C@@H](NC(=O)[C@H](C(C)C)N(C)C(=O)OCc1ccc(NC(=O)[C@H](CO[C@@H]2O[C@H](C(=O)O)[C@@H](O)[C@H](O)[C@H]2O)NC(=O)[C@@H](NC(=O)CCNC(=O)CCC(=O)N2Cc3ccccc3C#Cc3ccccc32)C(C)C)cc1)C(C)C. The minimum absolute atomic E-state index is 0.106. The Balaban J connectivity index is 0.860. The van der Waals surface area contributed by atoms with Crippen LogP contribution >= 0.6 is 0 Å². The second kappa shape index (κ2) is 46.7. The van der Waals surface area contributed by atoms with Gasteiger partial charge in [0.2, 0.25) is 53.2 Å². The van der Waals surface area contributed by atoms with Gasteiger partial charge in [0.05, 0.1) is 61.5 Å². The number of para-hydroxylation sites is 1. The van der Waals surface area contributed by atoms with E-state index < -0.39 is 212 Å². The maximum absolute atomic E-state index is 15.0. The van der Waals surface area contributed by atoms with Crippen LogP contribution in [0.2, 0.25) is 0 Å². The van der Waals surface area contributed by atoms with E-state index in [1.165, 1.54) is 50.4 Å². The molecule has 0 unspecified atom stereocenters. The van der Waals surface area contributed by atoms with Crippen LogP contribution in [0.1, 0.15) is 148 Å². The summed E-state index contributed by atoms with van der Waals surface area (Å²) < 4.78 is 40.3. The van der Waals surface area contributed by atoms with Gasteiger partial charge in [0.15, 0.2) is 24.8 Å². The first kappa shape index (κ1) is 101. The first-order chi connectivity index (χ1) is 59.7. The number of ether oxygens (including phenoxy) is 7. The number of benzene rings is 4. The number of nitrogens with zero attached hydrogens (tertiary/aromatic N) is 4. The predicted molar refractivity (Wildman–Crippen MR) is 453 cm³/mol. The van der Waals surface area contributed by atoms with Crippen molar-refractivity contribution in [1.29, 1.82) is 0 Å². The Hall–Kier alpha value is -10.6. The highest BCUT2D eigenvalue weighted by Gasteiger charge is 2.51. The number of likely N-dealkylation sites (N-methyl/N-ethyl adjacent to an activating group) is 2. The van der Waals surface area contributed by atoms with E-state index in [1.54, 1.807) is 121 Å². The Kier molecular flexibility index (Phi) is 37.4. The number of aliphatic carboxylic acids is 2. The van der Waals surface area contributed by atoms with Crippen LogP contribution in [0.3, 0.4) is 0 Å². The standard InChI is InChI=1S/C89H122N10O27/c1-15-49(8)69(61(120-13)42-65(103)98-41-23-30-60(98)76(121-14)50(9)80(110)91-51(10)77(55-26-17-16-18-27-55)124-88-75(109)71(105)73(107)79(126-88)86(117)118)96(11)84(114)67(47(4)5)95-83(113)68(48(6)7)97(12)89(119)123-44-52-31-35-57(36-32-52)92-81(111)58(45-122-87-74(108)70(104)72(106)78(125-87)85(115)116)93-82(112)66(46(2)3)94-63(101)39-40-90-62(100)37-38-64(102)99-43-56-28-20-19-24-53(56)33-34-54-25-21-22-29-59(54)99/h16-22,24-29,31-32,35-36,46-51,58,60-61,66-79,87-88,104-109H,15,23,30,37-45H2,1-14H3,(H,90,100)(H,91,110)(H,92,111)(H,93,112)(H,94,101)(H,95,113)(H,115,116)(H,117,118)/t49-,50+,51+,58-,60-,61+,66-,67-,68-,69-,70-,71-,72-,73-,74+,75+,76+,77+,78-,79-,87+,88+/m0/s1. The largest absolute Gasteiger partial charge is 0.479 e. The molecule has 3 saturated heterocycles. The van der Waals surface area contributed by atoms with Crippen molar-refractivity contribution in [2.45, 2.75) is 249 Å². The molecule has 22 atom stereocenters. The van der Waals surface area contributed by atoms with Crippen LogP contribution in [-0.2, 0) is 99.0 Å². The zero-order valence-electron chi connectivity index (χ0n) is 73.4. The molecule has 37 heteroatoms. The van der Waals surface area contributed by atoms with Crippen molar-refractivity contribution >= 4 is 82.6 Å². The van der Waals surface area contributed by atoms with Crippen LogP contribution in [0, 0.1) is 41.4 Å². The number of hydrogen-bond acceptors (Lipinski definition) is 25. The zero-order valence-corrected chi connectivity index (χ0v) is 73.4. The van der Waals surface area contributed by atoms with Crippen molar-refractivity contribution in [1.82, 2.24) is 41.3 Å². The Morgan fingerprint density at radius 2 is 1.18 bits per heavy atom. The normalized spacial score (nSPS) is 23.0. The quantitative estimate of drug-likeness (QED) is 0.0283. The topological polar surface area (TPSA) is 516 Å². The van der Waals surface area contributed by atoms with E-state index in [-0.39, 0.29) is 68.8 Å². The summed E-state index contributed by atoms with van der Waals surface area (Å²) >= 11 is 0. The molecule has 10 amide bonds. The maximum Gasteiger partial charge on any atom is 0.410 e. The highest BCUT2D eigenvalue weighted by Crippen LogP contribution is 2.35. The van der Waals surface area contributed by atoms with Gasteiger partial charge in [-0.1, -0.05) is 153 Å². The number of anilines is 2. The molecule has 4 aliphatic heterocycles. The lowest BCUT2D eigenvalue weighted by Gasteiger charge is -2.41. The summed E-state index contributed by atoms with van der Waals surface area (Å²) in [5.74, 6) is -5.44. The van der Waals surface area contributed by atoms with E-state index in [0.717, 1.165) is 16.0 Å². The maximum atomic E-state index is 15.0. The van der Waals surface area contributed by atoms with Crippen molar-refractivity contribution in [3.63, 3.8) is 0 Å². The van der Waals surface area contributed by atoms with Gasteiger partial charge in [-0.15, -0.1) is 0 Å². The lowest BCUT2D eigenvalue weighted by molar-refractivity contribution is -0.307. The Morgan fingerprint density at radius 1 is 0.587 bits per heavy atom. The number of aliphatic hydroxyl groups excluding tert-OH is 6. The van der Waals surface area contributed by atoms with E-state index in [0.29, 0.717) is 48.2 Å². The summed E-state index contributed by atoms with van der Waals surface area (Å²) in [6, 6.07) is 21.2. The van der Waals surface area contributed by atoms with Crippen LogP contribution < -0.4 is 36.8 Å². The number of methoxy groups -OCH3 is 2. The van der Waals surface area contributed by atoms with Gasteiger partial charge in [0.25, 0.3) is 0 Å². The third-order valence-corrected chi connectivity index (χ3v) is 23.3. The lowest BCUT2D eigenvalue weighted by Crippen LogP contribution is -2.61. The van der Waals surface area contributed by atoms with Crippen molar-refractivity contribution < 1.29 is 132 Å². The van der Waals surface area contributed by atoms with Crippen molar-refractivity contribution in [3.8, 4) is 11.8 Å². The highest BCUT2D eigenvalue weighted by molar-refractivity contribution is 5.99. The summed E-state index contributed by atoms with van der Waals surface area (Å²) in [4.78, 5) is 171. The number of carbonyl (C=O) groups is 12. The van der Waals surface area contributed by atoms with Crippen LogP contribution in [0.25, 0.3) is 0 Å². The van der Waals surface area contributed by atoms with Crippen molar-refractivity contribution in [2.24, 2.45) is 29.6 Å². The number of carboxylic acid groups (broad SMARTS) is 2. The van der Waals surface area contributed by atoms with E-state index in [9.17, 15) is 93.6 Å². The molecule has 3 fully saturated rings. The number of hydrogen-bond donors (Lipinski definition) is 14. The van der Waals surface area contributed by atoms with Crippen molar-refractivity contribution in [3.05, 3.63) is 131 Å². The summed E-state index contributed by atoms with van der Waals surface area (Å²) in [6.45, 7) is 16.3. The van der Waals surface area contributed by atoms with Gasteiger partial charge < -0.3 is 121 Å². The first-order valence-electron chi connectivity index (χ1n) is 42.3. The van der Waals surface area contributed by atoms with Crippen LogP contribution in [-0.4, -0.2) is 291 Å². The molecule has 4 aliphatic rings. The molecule has 4 aromatic rings. The lowest BCUT2D eigenvalue weighted by atomic mass is 9.89. The number of carbonyl (C=O) groups excluding carboxylic acids is 10. The van der Waals surface area contributed by atoms with Gasteiger partial charge in [-0.05, 0) is 90.5 Å². The molecule has 37 nitrogen and oxygen atoms in total. The summed E-state index contributed by atoms with van der Waals surface area (Å²) in [7, 11) is 5.79. The Morgan fingerprint density at radius 3 is 1.79 bits per heavy atom. The third kappa shape index (κ3) is 25.9. The molecule has 0 aromatic heterocycles. The minimum atomic E-state index is -2.09. The molecule has 8 rings (SSSR count). The van der Waals surface area contributed by atoms with Crippen molar-refractivity contribution in [2.75, 3.05) is 58.2 Å². The molecule has 0 saturated carbocycles. The number of likely N-dealkylation sites (tertiary alicyclic amines) is 1. The summed E-state index contributed by atoms with van der Waals surface area (Å²) in [5, 5.41) is 99.1. The van der Waals surface area contributed by atoms with E-state index in [4.69, 9.17) is 33.2 Å². The zero-order chi connectivity index (χ0) is 92.8. The Labute approximate surface area is 732 Å². The Bertz CT molecular complexity index is 4470. The molecular formula is C89H122N10O27. The van der Waals surface area contributed by atoms with Gasteiger partial charge in [0.1, 0.15) is 73.5 Å². The molecule has 4 aromatic carbocycles. The fourth-order valence-corrected chi connectivity index (χ4v) is 15.9. The van der Waals surface area contributed by atoms with Crippen LogP contribution in [0.15, 0.2) is 103 Å². The number of nitrogens with one attached hydrogen (secondary N) is 6. The molecule has 690 valence electrons. The molecule has 0 aliphatic carbocycles. The number of amides is 10. The van der Waals surface area contributed by atoms with Crippen LogP contribution in [0.5, 0.6) is 0 Å². The fraction of sp³-hybridized carbons (Fsp3) is 0.573.